The molecule has 1 saturated carbocycles. The second-order valence-corrected chi connectivity index (χ2v) is 8.27. The van der Waals surface area contributed by atoms with Crippen molar-refractivity contribution in [3.05, 3.63) is 29.8 Å². The van der Waals surface area contributed by atoms with Gasteiger partial charge >= 0.3 is 0 Å². The number of carbonyl (C=O) groups is 2. The lowest BCUT2D eigenvalue weighted by atomic mass is 9.87. The predicted octanol–water partition coefficient (Wildman–Crippen LogP) is 3.09. The van der Waals surface area contributed by atoms with E-state index >= 15 is 0 Å². The molecule has 0 aromatic heterocycles. The summed E-state index contributed by atoms with van der Waals surface area (Å²) in [6.07, 6.45) is 4.67. The molecule has 2 fully saturated rings. The number of rotatable bonds is 5. The summed E-state index contributed by atoms with van der Waals surface area (Å²) in [5, 5.41) is 3.27. The van der Waals surface area contributed by atoms with Crippen LogP contribution < -0.4 is 10.2 Å². The lowest BCUT2D eigenvalue weighted by Gasteiger charge is -2.39. The first kappa shape index (κ1) is 19.9. The van der Waals surface area contributed by atoms with E-state index in [2.05, 4.69) is 22.0 Å². The van der Waals surface area contributed by atoms with Crippen LogP contribution in [0.1, 0.15) is 56.8 Å². The lowest BCUT2D eigenvalue weighted by Crippen LogP contribution is -2.55. The van der Waals surface area contributed by atoms with E-state index in [-0.39, 0.29) is 17.7 Å². The minimum Gasteiger partial charge on any atom is -0.369 e. The maximum absolute atomic E-state index is 12.6. The van der Waals surface area contributed by atoms with Crippen LogP contribution in [0.25, 0.3) is 0 Å². The molecule has 1 aromatic carbocycles. The molecular weight excluding hydrogens is 338 g/mol. The highest BCUT2D eigenvalue weighted by atomic mass is 16.2. The molecule has 0 spiro atoms. The molecule has 1 aliphatic carbocycles. The van der Waals surface area contributed by atoms with Crippen molar-refractivity contribution in [3.63, 3.8) is 0 Å². The molecule has 0 bridgehead atoms. The maximum Gasteiger partial charge on any atom is 0.237 e. The number of Topliss-reactive ketones (excluding diaryl/α,β-unsaturated/α-hetero) is 1. The summed E-state index contributed by atoms with van der Waals surface area (Å²) in [7, 11) is 0. The Morgan fingerprint density at radius 3 is 2.15 bits per heavy atom. The van der Waals surface area contributed by atoms with E-state index in [0.717, 1.165) is 56.2 Å². The van der Waals surface area contributed by atoms with E-state index in [1.165, 1.54) is 12.8 Å². The molecule has 2 aliphatic rings. The number of ketones is 1. The molecule has 1 heterocycles. The van der Waals surface area contributed by atoms with Crippen LogP contribution in [0.15, 0.2) is 24.3 Å². The molecule has 3 rings (SSSR count). The number of nitrogens with zero attached hydrogens (tertiary/aromatic N) is 2. The third-order valence-electron chi connectivity index (χ3n) is 6.24. The Morgan fingerprint density at radius 1 is 1.00 bits per heavy atom. The summed E-state index contributed by atoms with van der Waals surface area (Å²) in [4.78, 5) is 28.7. The number of hydrogen-bond donors (Lipinski definition) is 1. The largest absolute Gasteiger partial charge is 0.369 e. The van der Waals surface area contributed by atoms with Crippen LogP contribution in [0.5, 0.6) is 0 Å². The van der Waals surface area contributed by atoms with Crippen molar-refractivity contribution in [2.75, 3.05) is 31.1 Å². The van der Waals surface area contributed by atoms with E-state index in [1.54, 1.807) is 6.92 Å². The van der Waals surface area contributed by atoms with Gasteiger partial charge in [-0.15, -0.1) is 0 Å². The predicted molar refractivity (Wildman–Crippen MR) is 109 cm³/mol. The van der Waals surface area contributed by atoms with Crippen LogP contribution in [-0.4, -0.2) is 54.9 Å². The first-order valence-corrected chi connectivity index (χ1v) is 10.3. The normalized spacial score (nSPS) is 25.1. The van der Waals surface area contributed by atoms with Gasteiger partial charge in [-0.2, -0.15) is 0 Å². The Balaban J connectivity index is 1.47. The van der Waals surface area contributed by atoms with Crippen LogP contribution in [0.3, 0.4) is 0 Å². The molecule has 1 unspecified atom stereocenters. The summed E-state index contributed by atoms with van der Waals surface area (Å²) >= 11 is 0. The van der Waals surface area contributed by atoms with Crippen LogP contribution in [0.4, 0.5) is 5.69 Å². The summed E-state index contributed by atoms with van der Waals surface area (Å²) < 4.78 is 0. The van der Waals surface area contributed by atoms with Crippen LogP contribution in [0.2, 0.25) is 0 Å². The zero-order valence-corrected chi connectivity index (χ0v) is 16.9. The molecule has 1 aliphatic heterocycles. The van der Waals surface area contributed by atoms with Crippen molar-refractivity contribution >= 4 is 17.4 Å². The fourth-order valence-corrected chi connectivity index (χ4v) is 4.17. The third-order valence-corrected chi connectivity index (χ3v) is 6.24. The van der Waals surface area contributed by atoms with Gasteiger partial charge in [0.25, 0.3) is 0 Å². The van der Waals surface area contributed by atoms with Gasteiger partial charge in [-0.1, -0.05) is 6.92 Å². The van der Waals surface area contributed by atoms with Gasteiger partial charge in [-0.05, 0) is 69.7 Å². The molecule has 1 atom stereocenters. The van der Waals surface area contributed by atoms with Gasteiger partial charge in [0, 0.05) is 43.5 Å². The Kier molecular flexibility index (Phi) is 6.53. The molecule has 5 nitrogen and oxygen atoms in total. The third kappa shape index (κ3) is 5.10. The minimum atomic E-state index is -0.0772. The van der Waals surface area contributed by atoms with Crippen LogP contribution >= 0.6 is 0 Å². The standard InChI is InChI=1S/C22H33N3O2/c1-16-4-8-20(9-5-16)23-22(27)17(2)24-12-14-25(15-13-24)21-10-6-19(7-11-21)18(3)26/h6-7,10-11,16-17,20H,4-5,8-9,12-15H2,1-3H3,(H,23,27). The molecule has 1 saturated heterocycles. The van der Waals surface area contributed by atoms with Crippen molar-refractivity contribution < 1.29 is 9.59 Å². The number of piperazine rings is 1. The first-order valence-electron chi connectivity index (χ1n) is 10.3. The topological polar surface area (TPSA) is 52.7 Å². The van der Waals surface area contributed by atoms with Crippen molar-refractivity contribution in [1.29, 1.82) is 0 Å². The number of nitrogens with one attached hydrogen (secondary N) is 1. The van der Waals surface area contributed by atoms with Crippen molar-refractivity contribution in [2.24, 2.45) is 5.92 Å². The van der Waals surface area contributed by atoms with Gasteiger partial charge in [0.1, 0.15) is 0 Å². The molecule has 1 aromatic rings. The summed E-state index contributed by atoms with van der Waals surface area (Å²) in [6, 6.07) is 8.11. The van der Waals surface area contributed by atoms with Gasteiger partial charge in [0.2, 0.25) is 5.91 Å². The molecule has 148 valence electrons. The molecule has 1 amide bonds. The summed E-state index contributed by atoms with van der Waals surface area (Å²) in [5.74, 6) is 1.07. The van der Waals surface area contributed by atoms with Gasteiger partial charge in [-0.25, -0.2) is 0 Å². The zero-order valence-electron chi connectivity index (χ0n) is 16.9. The van der Waals surface area contributed by atoms with E-state index in [1.807, 2.05) is 31.2 Å². The van der Waals surface area contributed by atoms with E-state index in [0.29, 0.717) is 6.04 Å². The minimum absolute atomic E-state index is 0.0772. The molecular formula is C22H33N3O2. The number of benzene rings is 1. The molecule has 1 N–H and O–H groups in total. The Bertz CT molecular complexity index is 642. The van der Waals surface area contributed by atoms with Gasteiger partial charge < -0.3 is 10.2 Å². The Hall–Kier alpha value is -1.88. The zero-order chi connectivity index (χ0) is 19.4. The monoisotopic (exact) mass is 371 g/mol. The lowest BCUT2D eigenvalue weighted by molar-refractivity contribution is -0.127. The molecule has 5 heteroatoms. The summed E-state index contributed by atoms with van der Waals surface area (Å²) in [6.45, 7) is 9.48. The SMILES string of the molecule is CC(=O)c1ccc(N2CCN(C(C)C(=O)NC3CCC(C)CC3)CC2)cc1. The highest BCUT2D eigenvalue weighted by Gasteiger charge is 2.28. The fraction of sp³-hybridized carbons (Fsp3) is 0.636. The van der Waals surface area contributed by atoms with Gasteiger partial charge in [0.05, 0.1) is 6.04 Å². The Morgan fingerprint density at radius 2 is 1.59 bits per heavy atom. The fourth-order valence-electron chi connectivity index (χ4n) is 4.17. The number of amides is 1. The van der Waals surface area contributed by atoms with Crippen molar-refractivity contribution in [1.82, 2.24) is 10.2 Å². The van der Waals surface area contributed by atoms with E-state index < -0.39 is 0 Å². The first-order chi connectivity index (χ1) is 12.9. The van der Waals surface area contributed by atoms with Gasteiger partial charge in [0.15, 0.2) is 5.78 Å². The highest BCUT2D eigenvalue weighted by molar-refractivity contribution is 5.94. The number of carbonyl (C=O) groups excluding carboxylic acids is 2. The highest BCUT2D eigenvalue weighted by Crippen LogP contribution is 2.24. The second kappa shape index (κ2) is 8.87. The van der Waals surface area contributed by atoms with Crippen molar-refractivity contribution in [3.8, 4) is 0 Å². The number of hydrogen-bond acceptors (Lipinski definition) is 4. The van der Waals surface area contributed by atoms with Crippen LogP contribution in [0, 0.1) is 5.92 Å². The number of anilines is 1. The second-order valence-electron chi connectivity index (χ2n) is 8.27. The maximum atomic E-state index is 12.6. The average Bonchev–Trinajstić information content (AvgIpc) is 2.69. The van der Waals surface area contributed by atoms with Crippen LogP contribution in [-0.2, 0) is 4.79 Å². The molecule has 27 heavy (non-hydrogen) atoms. The van der Waals surface area contributed by atoms with E-state index in [9.17, 15) is 9.59 Å². The average molecular weight is 372 g/mol. The smallest absolute Gasteiger partial charge is 0.237 e. The quantitative estimate of drug-likeness (QED) is 0.808. The molecule has 0 radical (unpaired) electrons. The van der Waals surface area contributed by atoms with E-state index in [4.69, 9.17) is 0 Å². The Labute approximate surface area is 163 Å². The summed E-state index contributed by atoms with van der Waals surface area (Å²) in [5.41, 5.74) is 1.90. The van der Waals surface area contributed by atoms with Gasteiger partial charge in [-0.3, -0.25) is 14.5 Å². The van der Waals surface area contributed by atoms with Crippen molar-refractivity contribution in [2.45, 2.75) is 58.5 Å².